The Morgan fingerprint density at radius 2 is 1.77 bits per heavy atom. The summed E-state index contributed by atoms with van der Waals surface area (Å²) in [6.07, 6.45) is 0.0312. The Morgan fingerprint density at radius 1 is 1.08 bits per heavy atom. The van der Waals surface area contributed by atoms with Crippen LogP contribution in [0, 0.1) is 18.7 Å². The summed E-state index contributed by atoms with van der Waals surface area (Å²) in [7, 11) is 0. The summed E-state index contributed by atoms with van der Waals surface area (Å²) in [6.45, 7) is 1.98. The molecule has 0 bridgehead atoms. The maximum absolute atomic E-state index is 13.0. The van der Waals surface area contributed by atoms with Gasteiger partial charge < -0.3 is 4.90 Å². The van der Waals surface area contributed by atoms with Crippen LogP contribution in [0.1, 0.15) is 22.3 Å². The van der Waals surface area contributed by atoms with Crippen LogP contribution in [-0.4, -0.2) is 24.3 Å². The smallest absolute Gasteiger partial charge is 0.269 e. The Bertz CT molecular complexity index is 851. The summed E-state index contributed by atoms with van der Waals surface area (Å²) in [6, 6.07) is 12.5. The van der Waals surface area contributed by atoms with Gasteiger partial charge in [0.25, 0.3) is 5.91 Å². The molecule has 0 radical (unpaired) electrons. The average molecular weight is 355 g/mol. The molecule has 1 heterocycles. The van der Waals surface area contributed by atoms with Crippen molar-refractivity contribution in [3.05, 3.63) is 65.5 Å². The number of nitrogens with one attached hydrogen (secondary N) is 2. The van der Waals surface area contributed by atoms with E-state index in [1.54, 1.807) is 25.1 Å². The molecule has 3 rings (SSSR count). The van der Waals surface area contributed by atoms with Crippen molar-refractivity contribution in [2.45, 2.75) is 13.3 Å². The molecule has 134 valence electrons. The van der Waals surface area contributed by atoms with Gasteiger partial charge in [-0.1, -0.05) is 18.2 Å². The monoisotopic (exact) mass is 355 g/mol. The van der Waals surface area contributed by atoms with Crippen molar-refractivity contribution < 1.29 is 18.8 Å². The lowest BCUT2D eigenvalue weighted by Gasteiger charge is -2.17. The van der Waals surface area contributed by atoms with E-state index >= 15 is 0 Å². The zero-order chi connectivity index (χ0) is 18.7. The molecule has 0 aliphatic carbocycles. The summed E-state index contributed by atoms with van der Waals surface area (Å²) in [5.74, 6) is -2.07. The van der Waals surface area contributed by atoms with E-state index in [4.69, 9.17) is 0 Å². The fourth-order valence-corrected chi connectivity index (χ4v) is 2.87. The van der Waals surface area contributed by atoms with E-state index in [1.165, 1.54) is 29.2 Å². The number of anilines is 1. The third-order valence-electron chi connectivity index (χ3n) is 4.32. The molecule has 26 heavy (non-hydrogen) atoms. The summed E-state index contributed by atoms with van der Waals surface area (Å²) < 4.78 is 13.0. The molecule has 6 nitrogen and oxygen atoms in total. The molecule has 1 aliphatic heterocycles. The summed E-state index contributed by atoms with van der Waals surface area (Å²) in [5.41, 5.74) is 6.54. The van der Waals surface area contributed by atoms with Crippen LogP contribution in [0.25, 0.3) is 0 Å². The Hall–Kier alpha value is -3.22. The van der Waals surface area contributed by atoms with Crippen molar-refractivity contribution in [3.8, 4) is 0 Å². The van der Waals surface area contributed by atoms with Crippen LogP contribution >= 0.6 is 0 Å². The van der Waals surface area contributed by atoms with Gasteiger partial charge in [-0.25, -0.2) is 4.39 Å². The van der Waals surface area contributed by atoms with Crippen molar-refractivity contribution in [2.24, 2.45) is 5.92 Å². The van der Waals surface area contributed by atoms with Crippen molar-refractivity contribution in [1.82, 2.24) is 10.9 Å². The fraction of sp³-hybridized carbons (Fsp3) is 0.211. The highest BCUT2D eigenvalue weighted by Gasteiger charge is 2.35. The summed E-state index contributed by atoms with van der Waals surface area (Å²) in [5, 5.41) is 0. The van der Waals surface area contributed by atoms with E-state index in [1.807, 2.05) is 6.07 Å². The number of nitrogens with zero attached hydrogens (tertiary/aromatic N) is 1. The standard InChI is InChI=1S/C19H18FN3O3/c1-12-4-2-3-5-16(12)19(26)22-21-18(25)13-10-17(24)23(11-13)15-8-6-14(20)7-9-15/h2-9,13H,10-11H2,1H3,(H,21,25)(H,22,26)/t13-/m1/s1. The van der Waals surface area contributed by atoms with Gasteiger partial charge in [-0.2, -0.15) is 0 Å². The normalized spacial score (nSPS) is 16.5. The Morgan fingerprint density at radius 3 is 2.46 bits per heavy atom. The van der Waals surface area contributed by atoms with E-state index in [9.17, 15) is 18.8 Å². The topological polar surface area (TPSA) is 78.5 Å². The third-order valence-corrected chi connectivity index (χ3v) is 4.32. The first-order valence-corrected chi connectivity index (χ1v) is 8.17. The van der Waals surface area contributed by atoms with Crippen LogP contribution in [-0.2, 0) is 9.59 Å². The highest BCUT2D eigenvalue weighted by Crippen LogP contribution is 2.25. The third kappa shape index (κ3) is 3.72. The van der Waals surface area contributed by atoms with E-state index in [0.29, 0.717) is 11.3 Å². The highest BCUT2D eigenvalue weighted by molar-refractivity contribution is 6.01. The number of amides is 3. The SMILES string of the molecule is Cc1ccccc1C(=O)NNC(=O)[C@@H]1CC(=O)N(c2ccc(F)cc2)C1. The molecular weight excluding hydrogens is 337 g/mol. The average Bonchev–Trinajstić information content (AvgIpc) is 3.02. The number of carbonyl (C=O) groups excluding carboxylic acids is 3. The number of aryl methyl sites for hydroxylation is 1. The minimum absolute atomic E-state index is 0.0312. The van der Waals surface area contributed by atoms with Crippen LogP contribution in [0.15, 0.2) is 48.5 Å². The van der Waals surface area contributed by atoms with Gasteiger partial charge in [0, 0.05) is 24.2 Å². The second-order valence-electron chi connectivity index (χ2n) is 6.14. The van der Waals surface area contributed by atoms with Crippen molar-refractivity contribution in [1.29, 1.82) is 0 Å². The molecule has 1 aliphatic rings. The minimum atomic E-state index is -0.593. The molecular formula is C19H18FN3O3. The lowest BCUT2D eigenvalue weighted by atomic mass is 10.1. The van der Waals surface area contributed by atoms with Gasteiger partial charge in [0.05, 0.1) is 5.92 Å². The van der Waals surface area contributed by atoms with Gasteiger partial charge in [-0.3, -0.25) is 25.2 Å². The number of rotatable bonds is 3. The fourth-order valence-electron chi connectivity index (χ4n) is 2.87. The number of halogens is 1. The van der Waals surface area contributed by atoms with E-state index < -0.39 is 23.5 Å². The highest BCUT2D eigenvalue weighted by atomic mass is 19.1. The Kier molecular flexibility index (Phi) is 4.97. The summed E-state index contributed by atoms with van der Waals surface area (Å²) in [4.78, 5) is 38.0. The van der Waals surface area contributed by atoms with Gasteiger partial charge >= 0.3 is 0 Å². The number of benzene rings is 2. The van der Waals surface area contributed by atoms with Crippen LogP contribution in [0.3, 0.4) is 0 Å². The first kappa shape index (κ1) is 17.6. The van der Waals surface area contributed by atoms with Gasteiger partial charge in [0.15, 0.2) is 0 Å². The summed E-state index contributed by atoms with van der Waals surface area (Å²) >= 11 is 0. The number of hydrogen-bond acceptors (Lipinski definition) is 3. The van der Waals surface area contributed by atoms with E-state index in [-0.39, 0.29) is 18.9 Å². The number of hydrogen-bond donors (Lipinski definition) is 2. The minimum Gasteiger partial charge on any atom is -0.312 e. The van der Waals surface area contributed by atoms with Crippen LogP contribution in [0.4, 0.5) is 10.1 Å². The molecule has 0 spiro atoms. The molecule has 2 aromatic rings. The van der Waals surface area contributed by atoms with Crippen molar-refractivity contribution >= 4 is 23.4 Å². The van der Waals surface area contributed by atoms with Crippen LogP contribution in [0.5, 0.6) is 0 Å². The molecule has 3 amide bonds. The molecule has 1 fully saturated rings. The first-order valence-electron chi connectivity index (χ1n) is 8.17. The lowest BCUT2D eigenvalue weighted by Crippen LogP contribution is -2.45. The second kappa shape index (κ2) is 7.35. The zero-order valence-corrected chi connectivity index (χ0v) is 14.2. The van der Waals surface area contributed by atoms with Crippen molar-refractivity contribution in [3.63, 3.8) is 0 Å². The van der Waals surface area contributed by atoms with Crippen molar-refractivity contribution in [2.75, 3.05) is 11.4 Å². The molecule has 1 saturated heterocycles. The maximum atomic E-state index is 13.0. The van der Waals surface area contributed by atoms with Gasteiger partial charge in [0.1, 0.15) is 5.82 Å². The van der Waals surface area contributed by atoms with Gasteiger partial charge in [-0.15, -0.1) is 0 Å². The Labute approximate surface area is 150 Å². The predicted molar refractivity (Wildman–Crippen MR) is 93.6 cm³/mol. The molecule has 0 unspecified atom stereocenters. The molecule has 0 saturated carbocycles. The van der Waals surface area contributed by atoms with E-state index in [2.05, 4.69) is 10.9 Å². The number of carbonyl (C=O) groups is 3. The first-order chi connectivity index (χ1) is 12.5. The quantitative estimate of drug-likeness (QED) is 0.826. The molecule has 2 N–H and O–H groups in total. The molecule has 1 atom stereocenters. The molecule has 2 aromatic carbocycles. The van der Waals surface area contributed by atoms with Gasteiger partial charge in [0.2, 0.25) is 11.8 Å². The lowest BCUT2D eigenvalue weighted by molar-refractivity contribution is -0.126. The zero-order valence-electron chi connectivity index (χ0n) is 14.2. The Balaban J connectivity index is 1.59. The predicted octanol–water partition coefficient (Wildman–Crippen LogP) is 1.95. The molecule has 0 aromatic heterocycles. The molecule has 7 heteroatoms. The van der Waals surface area contributed by atoms with Crippen LogP contribution in [0.2, 0.25) is 0 Å². The number of hydrazine groups is 1. The largest absolute Gasteiger partial charge is 0.312 e. The van der Waals surface area contributed by atoms with E-state index in [0.717, 1.165) is 5.56 Å². The second-order valence-corrected chi connectivity index (χ2v) is 6.14. The maximum Gasteiger partial charge on any atom is 0.269 e. The van der Waals surface area contributed by atoms with Gasteiger partial charge in [-0.05, 0) is 42.8 Å². The van der Waals surface area contributed by atoms with Crippen LogP contribution < -0.4 is 15.8 Å².